The zero-order valence-electron chi connectivity index (χ0n) is 17.3. The van der Waals surface area contributed by atoms with Gasteiger partial charge >= 0.3 is 0 Å². The van der Waals surface area contributed by atoms with Gasteiger partial charge in [0, 0.05) is 30.8 Å². The van der Waals surface area contributed by atoms with Crippen molar-refractivity contribution in [1.82, 2.24) is 15.4 Å². The summed E-state index contributed by atoms with van der Waals surface area (Å²) in [7, 11) is 0. The van der Waals surface area contributed by atoms with Gasteiger partial charge in [-0.25, -0.2) is 4.39 Å². The van der Waals surface area contributed by atoms with Gasteiger partial charge in [0.05, 0.1) is 11.7 Å². The van der Waals surface area contributed by atoms with E-state index in [-0.39, 0.29) is 29.2 Å². The SMILES string of the molecule is CC(C)CC1C(=O)NC(C(C)(C)C)CN1Cc1cc(-c2ccc(F)cc2)on1. The standard InChI is InChI=1S/C22H30FN3O2/c1-14(2)10-18-21(27)24-20(22(3,4)5)13-26(18)12-17-11-19(28-25-17)15-6-8-16(23)9-7-15/h6-9,11,14,18,20H,10,12-13H2,1-5H3,(H,24,27). The van der Waals surface area contributed by atoms with Crippen LogP contribution in [0.1, 0.15) is 46.7 Å². The van der Waals surface area contributed by atoms with Gasteiger partial charge < -0.3 is 9.84 Å². The molecule has 0 bridgehead atoms. The number of hydrogen-bond donors (Lipinski definition) is 1. The van der Waals surface area contributed by atoms with Gasteiger partial charge in [-0.1, -0.05) is 39.8 Å². The van der Waals surface area contributed by atoms with E-state index < -0.39 is 0 Å². The topological polar surface area (TPSA) is 58.4 Å². The Kier molecular flexibility index (Phi) is 5.89. The van der Waals surface area contributed by atoms with Gasteiger partial charge in [-0.05, 0) is 42.0 Å². The molecule has 2 atom stereocenters. The van der Waals surface area contributed by atoms with Crippen LogP contribution in [0.3, 0.4) is 0 Å². The third-order valence-electron chi connectivity index (χ3n) is 5.27. The van der Waals surface area contributed by atoms with Crippen molar-refractivity contribution in [2.45, 2.75) is 59.7 Å². The Bertz CT molecular complexity index is 808. The average Bonchev–Trinajstić information content (AvgIpc) is 3.05. The first-order valence-corrected chi connectivity index (χ1v) is 9.89. The monoisotopic (exact) mass is 387 g/mol. The molecule has 2 heterocycles. The Balaban J connectivity index is 1.80. The number of nitrogens with zero attached hydrogens (tertiary/aromatic N) is 2. The van der Waals surface area contributed by atoms with E-state index in [1.807, 2.05) is 6.07 Å². The molecule has 28 heavy (non-hydrogen) atoms. The van der Waals surface area contributed by atoms with Crippen molar-refractivity contribution in [1.29, 1.82) is 0 Å². The van der Waals surface area contributed by atoms with Crippen LogP contribution < -0.4 is 5.32 Å². The van der Waals surface area contributed by atoms with E-state index in [1.54, 1.807) is 12.1 Å². The molecule has 0 spiro atoms. The lowest BCUT2D eigenvalue weighted by molar-refractivity contribution is -0.133. The second-order valence-electron chi connectivity index (χ2n) is 9.19. The van der Waals surface area contributed by atoms with Crippen LogP contribution in [0.25, 0.3) is 11.3 Å². The first-order valence-electron chi connectivity index (χ1n) is 9.89. The van der Waals surface area contributed by atoms with Crippen LogP contribution in [0.15, 0.2) is 34.9 Å². The second kappa shape index (κ2) is 8.03. The normalized spacial score (nSPS) is 21.2. The molecule has 1 N–H and O–H groups in total. The van der Waals surface area contributed by atoms with Gasteiger partial charge in [0.15, 0.2) is 5.76 Å². The number of nitrogens with one attached hydrogen (secondary N) is 1. The summed E-state index contributed by atoms with van der Waals surface area (Å²) in [5.41, 5.74) is 1.53. The molecule has 1 fully saturated rings. The van der Waals surface area contributed by atoms with Crippen LogP contribution in [-0.2, 0) is 11.3 Å². The minimum Gasteiger partial charge on any atom is -0.356 e. The van der Waals surface area contributed by atoms with Crippen molar-refractivity contribution in [3.63, 3.8) is 0 Å². The summed E-state index contributed by atoms with van der Waals surface area (Å²) in [6, 6.07) is 7.92. The Morgan fingerprint density at radius 1 is 1.29 bits per heavy atom. The zero-order chi connectivity index (χ0) is 20.5. The first-order chi connectivity index (χ1) is 13.1. The Hall–Kier alpha value is -2.21. The smallest absolute Gasteiger partial charge is 0.237 e. The summed E-state index contributed by atoms with van der Waals surface area (Å²) in [6.07, 6.45) is 0.797. The number of benzene rings is 1. The van der Waals surface area contributed by atoms with Crippen LogP contribution in [0.2, 0.25) is 0 Å². The van der Waals surface area contributed by atoms with E-state index in [0.717, 1.165) is 24.2 Å². The molecule has 1 aromatic carbocycles. The van der Waals surface area contributed by atoms with Crippen molar-refractivity contribution in [3.05, 3.63) is 41.8 Å². The lowest BCUT2D eigenvalue weighted by atomic mass is 9.83. The van der Waals surface area contributed by atoms with E-state index in [2.05, 4.69) is 50.0 Å². The van der Waals surface area contributed by atoms with Crippen LogP contribution in [0.4, 0.5) is 4.39 Å². The van der Waals surface area contributed by atoms with Gasteiger partial charge in [0.2, 0.25) is 5.91 Å². The highest BCUT2D eigenvalue weighted by Gasteiger charge is 2.39. The molecule has 0 aliphatic carbocycles. The van der Waals surface area contributed by atoms with E-state index in [9.17, 15) is 9.18 Å². The zero-order valence-corrected chi connectivity index (χ0v) is 17.3. The third-order valence-corrected chi connectivity index (χ3v) is 5.27. The molecule has 6 heteroatoms. The molecule has 3 rings (SSSR count). The highest BCUT2D eigenvalue weighted by molar-refractivity contribution is 5.83. The lowest BCUT2D eigenvalue weighted by Crippen LogP contribution is -2.63. The maximum Gasteiger partial charge on any atom is 0.237 e. The van der Waals surface area contributed by atoms with Crippen LogP contribution in [0, 0.1) is 17.2 Å². The second-order valence-corrected chi connectivity index (χ2v) is 9.19. The van der Waals surface area contributed by atoms with Crippen LogP contribution in [-0.4, -0.2) is 34.6 Å². The van der Waals surface area contributed by atoms with E-state index in [1.165, 1.54) is 12.1 Å². The number of carbonyl (C=O) groups is 1. The number of piperazine rings is 1. The molecule has 0 radical (unpaired) electrons. The fourth-order valence-corrected chi connectivity index (χ4v) is 3.55. The molecular formula is C22H30FN3O2. The predicted molar refractivity (Wildman–Crippen MR) is 107 cm³/mol. The van der Waals surface area contributed by atoms with Gasteiger partial charge in [0.1, 0.15) is 5.82 Å². The lowest BCUT2D eigenvalue weighted by Gasteiger charge is -2.44. The number of carbonyl (C=O) groups excluding carboxylic acids is 1. The number of aromatic nitrogens is 1. The fourth-order valence-electron chi connectivity index (χ4n) is 3.55. The summed E-state index contributed by atoms with van der Waals surface area (Å²) in [5.74, 6) is 0.815. The predicted octanol–water partition coefficient (Wildman–Crippen LogP) is 4.24. The van der Waals surface area contributed by atoms with Crippen molar-refractivity contribution in [2.24, 2.45) is 11.3 Å². The van der Waals surface area contributed by atoms with Crippen LogP contribution >= 0.6 is 0 Å². The van der Waals surface area contributed by atoms with E-state index >= 15 is 0 Å². The first kappa shape index (κ1) is 20.5. The van der Waals surface area contributed by atoms with Crippen molar-refractivity contribution >= 4 is 5.91 Å². The molecule has 2 unspecified atom stereocenters. The Morgan fingerprint density at radius 3 is 2.57 bits per heavy atom. The summed E-state index contributed by atoms with van der Waals surface area (Å²) in [4.78, 5) is 15.0. The number of halogens is 1. The maximum atomic E-state index is 13.1. The Labute approximate surface area is 166 Å². The number of rotatable bonds is 5. The molecule has 1 saturated heterocycles. The van der Waals surface area contributed by atoms with E-state index in [0.29, 0.717) is 18.2 Å². The molecule has 2 aromatic rings. The Morgan fingerprint density at radius 2 is 1.96 bits per heavy atom. The summed E-state index contributed by atoms with van der Waals surface area (Å²) < 4.78 is 18.6. The van der Waals surface area contributed by atoms with Gasteiger partial charge in [-0.2, -0.15) is 0 Å². The highest BCUT2D eigenvalue weighted by Crippen LogP contribution is 2.28. The average molecular weight is 387 g/mol. The molecule has 1 amide bonds. The fraction of sp³-hybridized carbons (Fsp3) is 0.545. The third kappa shape index (κ3) is 4.79. The molecule has 1 aliphatic heterocycles. The number of hydrogen-bond acceptors (Lipinski definition) is 4. The van der Waals surface area contributed by atoms with Gasteiger partial charge in [-0.3, -0.25) is 9.69 Å². The minimum absolute atomic E-state index is 0.0280. The van der Waals surface area contributed by atoms with Gasteiger partial charge in [0.25, 0.3) is 0 Å². The largest absolute Gasteiger partial charge is 0.356 e. The maximum absolute atomic E-state index is 13.1. The highest BCUT2D eigenvalue weighted by atomic mass is 19.1. The molecule has 1 aromatic heterocycles. The summed E-state index contributed by atoms with van der Waals surface area (Å²) in [5, 5.41) is 7.40. The minimum atomic E-state index is -0.285. The summed E-state index contributed by atoms with van der Waals surface area (Å²) in [6.45, 7) is 12.0. The quantitative estimate of drug-likeness (QED) is 0.834. The van der Waals surface area contributed by atoms with Gasteiger partial charge in [-0.15, -0.1) is 0 Å². The van der Waals surface area contributed by atoms with Crippen LogP contribution in [0.5, 0.6) is 0 Å². The van der Waals surface area contributed by atoms with Crippen molar-refractivity contribution in [2.75, 3.05) is 6.54 Å². The van der Waals surface area contributed by atoms with E-state index in [4.69, 9.17) is 4.52 Å². The molecular weight excluding hydrogens is 357 g/mol. The van der Waals surface area contributed by atoms with Crippen molar-refractivity contribution in [3.8, 4) is 11.3 Å². The number of amides is 1. The molecule has 0 saturated carbocycles. The molecule has 152 valence electrons. The summed E-state index contributed by atoms with van der Waals surface area (Å²) >= 11 is 0. The molecule has 1 aliphatic rings. The molecule has 5 nitrogen and oxygen atoms in total. The van der Waals surface area contributed by atoms with Crippen molar-refractivity contribution < 1.29 is 13.7 Å².